The third kappa shape index (κ3) is 5.67. The minimum atomic E-state index is -0.400. The minimum absolute atomic E-state index is 0.00485. The molecular formula is C26H37N5O4. The molecule has 0 bridgehead atoms. The fourth-order valence-electron chi connectivity index (χ4n) is 5.13. The van der Waals surface area contributed by atoms with Gasteiger partial charge in [0.25, 0.3) is 0 Å². The monoisotopic (exact) mass is 483 g/mol. The normalized spacial score (nSPS) is 22.1. The number of benzene rings is 1. The maximum Gasteiger partial charge on any atom is 0.416 e. The number of rotatable bonds is 7. The van der Waals surface area contributed by atoms with Crippen LogP contribution in [0.25, 0.3) is 11.1 Å². The lowest BCUT2D eigenvalue weighted by atomic mass is 9.99. The molecule has 190 valence electrons. The lowest BCUT2D eigenvalue weighted by molar-refractivity contribution is -0.117. The van der Waals surface area contributed by atoms with E-state index in [2.05, 4.69) is 17.3 Å². The number of carbonyl (C=O) groups excluding carboxylic acids is 2. The zero-order valence-electron chi connectivity index (χ0n) is 20.9. The predicted molar refractivity (Wildman–Crippen MR) is 135 cm³/mol. The third-order valence-electron chi connectivity index (χ3n) is 6.86. The molecule has 4 rings (SSSR count). The molecule has 2 aliphatic heterocycles. The Morgan fingerprint density at radius 3 is 2.80 bits per heavy atom. The molecule has 0 aliphatic carbocycles. The predicted octanol–water partition coefficient (Wildman–Crippen LogP) is 3.90. The lowest BCUT2D eigenvalue weighted by Gasteiger charge is -2.41. The molecule has 9 nitrogen and oxygen atoms in total. The zero-order valence-corrected chi connectivity index (χ0v) is 20.9. The highest BCUT2D eigenvalue weighted by Crippen LogP contribution is 2.39. The molecule has 1 aromatic carbocycles. The Bertz CT molecular complexity index is 1040. The van der Waals surface area contributed by atoms with Crippen LogP contribution < -0.4 is 15.1 Å². The number of aliphatic hydroxyl groups is 1. The summed E-state index contributed by atoms with van der Waals surface area (Å²) < 4.78 is 7.63. The first-order chi connectivity index (χ1) is 16.9. The van der Waals surface area contributed by atoms with Gasteiger partial charge < -0.3 is 14.7 Å². The molecule has 3 unspecified atom stereocenters. The van der Waals surface area contributed by atoms with E-state index in [0.29, 0.717) is 30.5 Å². The van der Waals surface area contributed by atoms with E-state index in [4.69, 9.17) is 4.74 Å². The standard InChI is InChI=1S/C26H37N5O4/c1-4-5-7-22-8-6-9-25(28-22)35-26(34)30-16-18(2)31(19(3)33)23-11-10-20(14-24(23)30)21-15-27-29(17-21)12-13-32/h10-11,14-15,17-18,22,25,28,32H,4-9,12-13,16H2,1-3H3. The number of ether oxygens (including phenoxy) is 1. The Labute approximate surface area is 207 Å². The average Bonchev–Trinajstić information content (AvgIpc) is 3.30. The van der Waals surface area contributed by atoms with Crippen LogP contribution >= 0.6 is 0 Å². The van der Waals surface area contributed by atoms with E-state index in [9.17, 15) is 14.7 Å². The van der Waals surface area contributed by atoms with Crippen molar-refractivity contribution in [2.24, 2.45) is 0 Å². The van der Waals surface area contributed by atoms with Crippen molar-refractivity contribution in [1.29, 1.82) is 0 Å². The van der Waals surface area contributed by atoms with Crippen LogP contribution in [0.2, 0.25) is 0 Å². The Hall–Kier alpha value is -2.91. The van der Waals surface area contributed by atoms with Crippen molar-refractivity contribution in [3.05, 3.63) is 30.6 Å². The SMILES string of the molecule is CCCCC1CCCC(OC(=O)N2CC(C)N(C(C)=O)c3ccc(-c4cnn(CCO)c4)cc32)N1. The zero-order chi connectivity index (χ0) is 24.9. The molecule has 35 heavy (non-hydrogen) atoms. The second kappa shape index (κ2) is 11.2. The Kier molecular flexibility index (Phi) is 8.07. The van der Waals surface area contributed by atoms with Gasteiger partial charge in [-0.05, 0) is 50.3 Å². The number of fused-ring (bicyclic) bond motifs is 1. The summed E-state index contributed by atoms with van der Waals surface area (Å²) in [5.74, 6) is -0.0667. The molecule has 3 atom stereocenters. The van der Waals surface area contributed by atoms with Crippen molar-refractivity contribution in [2.75, 3.05) is 23.0 Å². The molecule has 0 radical (unpaired) electrons. The highest BCUT2D eigenvalue weighted by atomic mass is 16.6. The van der Waals surface area contributed by atoms with Crippen molar-refractivity contribution in [2.45, 2.75) is 84.2 Å². The molecule has 0 spiro atoms. The summed E-state index contributed by atoms with van der Waals surface area (Å²) in [6, 6.07) is 5.92. The van der Waals surface area contributed by atoms with Crippen LogP contribution in [-0.4, -0.2) is 58.4 Å². The van der Waals surface area contributed by atoms with Crippen LogP contribution in [0.1, 0.15) is 59.3 Å². The number of hydrogen-bond donors (Lipinski definition) is 2. The van der Waals surface area contributed by atoms with Gasteiger partial charge in [-0.15, -0.1) is 0 Å². The summed E-state index contributed by atoms with van der Waals surface area (Å²) in [5.41, 5.74) is 3.08. The summed E-state index contributed by atoms with van der Waals surface area (Å²) in [7, 11) is 0. The molecule has 2 N–H and O–H groups in total. The van der Waals surface area contributed by atoms with Gasteiger partial charge in [0.15, 0.2) is 6.23 Å². The van der Waals surface area contributed by atoms with Crippen LogP contribution in [0, 0.1) is 0 Å². The molecule has 9 heteroatoms. The van der Waals surface area contributed by atoms with Crippen molar-refractivity contribution < 1.29 is 19.4 Å². The van der Waals surface area contributed by atoms with E-state index in [1.54, 1.807) is 27.6 Å². The maximum atomic E-state index is 13.4. The maximum absolute atomic E-state index is 13.4. The third-order valence-corrected chi connectivity index (χ3v) is 6.86. The quantitative estimate of drug-likeness (QED) is 0.620. The molecule has 1 saturated heterocycles. The fourth-order valence-corrected chi connectivity index (χ4v) is 5.13. The summed E-state index contributed by atoms with van der Waals surface area (Å²) >= 11 is 0. The topological polar surface area (TPSA) is 99.9 Å². The van der Waals surface area contributed by atoms with E-state index in [0.717, 1.165) is 49.7 Å². The Morgan fingerprint density at radius 2 is 2.06 bits per heavy atom. The van der Waals surface area contributed by atoms with Gasteiger partial charge in [0.2, 0.25) is 5.91 Å². The lowest BCUT2D eigenvalue weighted by Crippen LogP contribution is -2.53. The summed E-state index contributed by atoms with van der Waals surface area (Å²) in [6.07, 6.45) is 9.24. The van der Waals surface area contributed by atoms with Gasteiger partial charge in [-0.2, -0.15) is 5.10 Å². The van der Waals surface area contributed by atoms with E-state index in [-0.39, 0.29) is 24.8 Å². The number of nitrogens with one attached hydrogen (secondary N) is 1. The second-order valence-corrected chi connectivity index (χ2v) is 9.58. The first kappa shape index (κ1) is 25.2. The van der Waals surface area contributed by atoms with Crippen LogP contribution in [0.15, 0.2) is 30.6 Å². The number of aromatic nitrogens is 2. The van der Waals surface area contributed by atoms with Crippen LogP contribution in [-0.2, 0) is 16.1 Å². The molecule has 3 heterocycles. The number of carbonyl (C=O) groups is 2. The Balaban J connectivity index is 1.59. The fraction of sp³-hybridized carbons (Fsp3) is 0.577. The number of hydrogen-bond acceptors (Lipinski definition) is 6. The van der Waals surface area contributed by atoms with Crippen molar-refractivity contribution >= 4 is 23.4 Å². The van der Waals surface area contributed by atoms with E-state index in [1.165, 1.54) is 0 Å². The highest BCUT2D eigenvalue weighted by Gasteiger charge is 2.36. The molecule has 1 fully saturated rings. The van der Waals surface area contributed by atoms with Gasteiger partial charge in [-0.3, -0.25) is 19.7 Å². The van der Waals surface area contributed by atoms with Gasteiger partial charge in [-0.1, -0.05) is 25.8 Å². The number of anilines is 2. The van der Waals surface area contributed by atoms with Gasteiger partial charge in [-0.25, -0.2) is 4.79 Å². The second-order valence-electron chi connectivity index (χ2n) is 9.58. The molecule has 1 aromatic heterocycles. The number of piperidine rings is 1. The van der Waals surface area contributed by atoms with Gasteiger partial charge in [0.1, 0.15) is 0 Å². The average molecular weight is 484 g/mol. The summed E-state index contributed by atoms with van der Waals surface area (Å²) in [5, 5.41) is 17.0. The van der Waals surface area contributed by atoms with Gasteiger partial charge in [0.05, 0.1) is 36.8 Å². The number of nitrogens with zero attached hydrogens (tertiary/aromatic N) is 4. The van der Waals surface area contributed by atoms with Crippen LogP contribution in [0.4, 0.5) is 16.2 Å². The number of unbranched alkanes of at least 4 members (excludes halogenated alkanes) is 1. The summed E-state index contributed by atoms with van der Waals surface area (Å²) in [4.78, 5) is 29.3. The van der Waals surface area contributed by atoms with Crippen molar-refractivity contribution in [1.82, 2.24) is 15.1 Å². The molecule has 2 aromatic rings. The smallest absolute Gasteiger partial charge is 0.416 e. The minimum Gasteiger partial charge on any atom is -0.430 e. The van der Waals surface area contributed by atoms with Gasteiger partial charge >= 0.3 is 6.09 Å². The highest BCUT2D eigenvalue weighted by molar-refractivity contribution is 6.03. The van der Waals surface area contributed by atoms with Crippen LogP contribution in [0.3, 0.4) is 0 Å². The molecule has 0 saturated carbocycles. The van der Waals surface area contributed by atoms with Crippen molar-refractivity contribution in [3.8, 4) is 11.1 Å². The number of amides is 2. The first-order valence-corrected chi connectivity index (χ1v) is 12.7. The van der Waals surface area contributed by atoms with E-state index >= 15 is 0 Å². The summed E-state index contributed by atoms with van der Waals surface area (Å²) in [6.45, 7) is 6.44. The van der Waals surface area contributed by atoms with Gasteiger partial charge in [0, 0.05) is 31.3 Å². The Morgan fingerprint density at radius 1 is 1.23 bits per heavy atom. The first-order valence-electron chi connectivity index (χ1n) is 12.7. The van der Waals surface area contributed by atoms with E-state index in [1.807, 2.05) is 31.3 Å². The number of aliphatic hydroxyl groups excluding tert-OH is 1. The largest absolute Gasteiger partial charge is 0.430 e. The van der Waals surface area contributed by atoms with Crippen LogP contribution in [0.5, 0.6) is 0 Å². The molecule has 2 amide bonds. The molecule has 2 aliphatic rings. The molecular weight excluding hydrogens is 446 g/mol. The van der Waals surface area contributed by atoms with E-state index < -0.39 is 6.09 Å². The van der Waals surface area contributed by atoms with Crippen molar-refractivity contribution in [3.63, 3.8) is 0 Å².